The van der Waals surface area contributed by atoms with E-state index in [1.165, 1.54) is 26.0 Å². The third kappa shape index (κ3) is 4.42. The fourth-order valence-electron chi connectivity index (χ4n) is 2.02. The Labute approximate surface area is 144 Å². The number of hydrogen-bond donors (Lipinski definition) is 2. The lowest BCUT2D eigenvalue weighted by Crippen LogP contribution is -2.14. The van der Waals surface area contributed by atoms with Crippen molar-refractivity contribution >= 4 is 29.3 Å². The highest BCUT2D eigenvalue weighted by Gasteiger charge is 2.13. The number of carbonyl (C=O) groups excluding carboxylic acids is 2. The molecule has 0 unspecified atom stereocenters. The number of primary amides is 1. The zero-order valence-corrected chi connectivity index (χ0v) is 14.2. The van der Waals surface area contributed by atoms with Gasteiger partial charge in [0.1, 0.15) is 0 Å². The molecular weight excluding hydrogens is 328 g/mol. The molecule has 2 aromatic carbocycles. The van der Waals surface area contributed by atoms with E-state index in [-0.39, 0.29) is 11.7 Å². The van der Waals surface area contributed by atoms with Crippen molar-refractivity contribution in [1.82, 2.24) is 0 Å². The van der Waals surface area contributed by atoms with Gasteiger partial charge in [0, 0.05) is 10.5 Å². The van der Waals surface area contributed by atoms with E-state index in [4.69, 9.17) is 15.2 Å². The number of para-hydroxylation sites is 1. The predicted octanol–water partition coefficient (Wildman–Crippen LogP) is 2.53. The summed E-state index contributed by atoms with van der Waals surface area (Å²) in [6, 6.07) is 12.1. The Morgan fingerprint density at radius 1 is 1.08 bits per heavy atom. The number of nitrogens with one attached hydrogen (secondary N) is 1. The lowest BCUT2D eigenvalue weighted by molar-refractivity contribution is -0.115. The molecule has 0 fully saturated rings. The largest absolute Gasteiger partial charge is 0.493 e. The first-order chi connectivity index (χ1) is 11.5. The molecule has 0 aliphatic heterocycles. The van der Waals surface area contributed by atoms with E-state index in [2.05, 4.69) is 5.32 Å². The molecule has 0 aromatic heterocycles. The number of ether oxygens (including phenoxy) is 2. The molecule has 0 aliphatic rings. The van der Waals surface area contributed by atoms with E-state index in [0.717, 1.165) is 4.90 Å². The van der Waals surface area contributed by atoms with Crippen LogP contribution in [-0.4, -0.2) is 31.8 Å². The molecule has 126 valence electrons. The van der Waals surface area contributed by atoms with Crippen LogP contribution in [0.1, 0.15) is 10.4 Å². The number of amides is 2. The van der Waals surface area contributed by atoms with Crippen LogP contribution >= 0.6 is 11.8 Å². The molecule has 3 N–H and O–H groups in total. The summed E-state index contributed by atoms with van der Waals surface area (Å²) in [4.78, 5) is 24.2. The number of benzene rings is 2. The Kier molecular flexibility index (Phi) is 6.08. The van der Waals surface area contributed by atoms with Crippen molar-refractivity contribution < 1.29 is 19.1 Å². The van der Waals surface area contributed by atoms with Gasteiger partial charge in [0.15, 0.2) is 11.5 Å². The summed E-state index contributed by atoms with van der Waals surface area (Å²) < 4.78 is 10.4. The first-order valence-corrected chi connectivity index (χ1v) is 8.07. The molecule has 2 rings (SSSR count). The van der Waals surface area contributed by atoms with Crippen LogP contribution in [0.3, 0.4) is 0 Å². The van der Waals surface area contributed by atoms with Crippen LogP contribution in [0, 0.1) is 0 Å². The molecule has 0 heterocycles. The van der Waals surface area contributed by atoms with Crippen molar-refractivity contribution in [1.29, 1.82) is 0 Å². The first-order valence-electron chi connectivity index (χ1n) is 7.08. The maximum absolute atomic E-state index is 12.5. The second kappa shape index (κ2) is 8.26. The molecular formula is C17H18N2O4S. The standard InChI is InChI=1S/C17H18N2O4S/c1-22-13-8-7-11(9-14(13)23-2)17(21)19-12-5-3-4-6-15(12)24-10-16(18)20/h3-9H,10H2,1-2H3,(H2,18,20)(H,19,21). The average molecular weight is 346 g/mol. The van der Waals surface area contributed by atoms with Gasteiger partial charge in [-0.25, -0.2) is 0 Å². The zero-order chi connectivity index (χ0) is 17.5. The minimum absolute atomic E-state index is 0.142. The SMILES string of the molecule is COc1ccc(C(=O)Nc2ccccc2SCC(N)=O)cc1OC. The summed E-state index contributed by atoms with van der Waals surface area (Å²) in [6.07, 6.45) is 0. The number of rotatable bonds is 7. The van der Waals surface area contributed by atoms with Crippen molar-refractivity contribution in [3.8, 4) is 11.5 Å². The van der Waals surface area contributed by atoms with Crippen LogP contribution in [0.2, 0.25) is 0 Å². The van der Waals surface area contributed by atoms with Crippen LogP contribution in [0.5, 0.6) is 11.5 Å². The number of nitrogens with two attached hydrogens (primary N) is 1. The summed E-state index contributed by atoms with van der Waals surface area (Å²) in [5.41, 5.74) is 6.22. The maximum Gasteiger partial charge on any atom is 0.255 e. The smallest absolute Gasteiger partial charge is 0.255 e. The van der Waals surface area contributed by atoms with E-state index in [1.54, 1.807) is 30.3 Å². The molecule has 0 bridgehead atoms. The monoisotopic (exact) mass is 346 g/mol. The fourth-order valence-corrected chi connectivity index (χ4v) is 2.76. The lowest BCUT2D eigenvalue weighted by atomic mass is 10.2. The molecule has 0 aliphatic carbocycles. The van der Waals surface area contributed by atoms with Gasteiger partial charge in [-0.2, -0.15) is 0 Å². The molecule has 0 atom stereocenters. The van der Waals surface area contributed by atoms with Gasteiger partial charge in [0.25, 0.3) is 5.91 Å². The lowest BCUT2D eigenvalue weighted by Gasteiger charge is -2.12. The highest BCUT2D eigenvalue weighted by molar-refractivity contribution is 8.00. The number of anilines is 1. The Morgan fingerprint density at radius 3 is 2.46 bits per heavy atom. The molecule has 2 aromatic rings. The van der Waals surface area contributed by atoms with Crippen LogP contribution in [-0.2, 0) is 4.79 Å². The highest BCUT2D eigenvalue weighted by Crippen LogP contribution is 2.30. The molecule has 6 nitrogen and oxygen atoms in total. The molecule has 0 spiro atoms. The van der Waals surface area contributed by atoms with Crippen LogP contribution in [0.4, 0.5) is 5.69 Å². The normalized spacial score (nSPS) is 10.1. The Morgan fingerprint density at radius 2 is 1.79 bits per heavy atom. The Bertz CT molecular complexity index is 749. The Balaban J connectivity index is 2.19. The second-order valence-corrected chi connectivity index (χ2v) is 5.79. The van der Waals surface area contributed by atoms with Crippen LogP contribution in [0.15, 0.2) is 47.4 Å². The van der Waals surface area contributed by atoms with Crippen molar-refractivity contribution in [2.45, 2.75) is 4.90 Å². The van der Waals surface area contributed by atoms with Gasteiger partial charge in [0.2, 0.25) is 5.91 Å². The van der Waals surface area contributed by atoms with Crippen LogP contribution < -0.4 is 20.5 Å². The van der Waals surface area contributed by atoms with Gasteiger partial charge < -0.3 is 20.5 Å². The quantitative estimate of drug-likeness (QED) is 0.752. The first kappa shape index (κ1) is 17.7. The molecule has 24 heavy (non-hydrogen) atoms. The van der Waals surface area contributed by atoms with Crippen molar-refractivity contribution in [2.24, 2.45) is 5.73 Å². The topological polar surface area (TPSA) is 90.6 Å². The van der Waals surface area contributed by atoms with E-state index in [0.29, 0.717) is 22.7 Å². The Hall–Kier alpha value is -2.67. The third-order valence-corrected chi connectivity index (χ3v) is 4.25. The maximum atomic E-state index is 12.5. The zero-order valence-electron chi connectivity index (χ0n) is 13.4. The van der Waals surface area contributed by atoms with E-state index >= 15 is 0 Å². The van der Waals surface area contributed by atoms with Gasteiger partial charge in [-0.05, 0) is 30.3 Å². The van der Waals surface area contributed by atoms with Crippen molar-refractivity contribution in [3.63, 3.8) is 0 Å². The number of hydrogen-bond acceptors (Lipinski definition) is 5. The van der Waals surface area contributed by atoms with E-state index in [1.807, 2.05) is 12.1 Å². The van der Waals surface area contributed by atoms with Gasteiger partial charge in [-0.1, -0.05) is 12.1 Å². The van der Waals surface area contributed by atoms with Crippen LogP contribution in [0.25, 0.3) is 0 Å². The summed E-state index contributed by atoms with van der Waals surface area (Å²) in [5, 5.41) is 2.83. The molecule has 7 heteroatoms. The van der Waals surface area contributed by atoms with Gasteiger partial charge in [0.05, 0.1) is 25.7 Å². The minimum Gasteiger partial charge on any atom is -0.493 e. The second-order valence-electron chi connectivity index (χ2n) is 4.78. The molecule has 0 saturated heterocycles. The average Bonchev–Trinajstić information content (AvgIpc) is 2.60. The molecule has 0 radical (unpaired) electrons. The molecule has 2 amide bonds. The summed E-state index contributed by atoms with van der Waals surface area (Å²) in [5.74, 6) is 0.459. The van der Waals surface area contributed by atoms with E-state index in [9.17, 15) is 9.59 Å². The third-order valence-electron chi connectivity index (χ3n) is 3.15. The summed E-state index contributed by atoms with van der Waals surface area (Å²) >= 11 is 1.27. The number of carbonyl (C=O) groups is 2. The fraction of sp³-hybridized carbons (Fsp3) is 0.176. The van der Waals surface area contributed by atoms with Crippen molar-refractivity contribution in [2.75, 3.05) is 25.3 Å². The van der Waals surface area contributed by atoms with E-state index < -0.39 is 5.91 Å². The summed E-state index contributed by atoms with van der Waals surface area (Å²) in [6.45, 7) is 0. The van der Waals surface area contributed by atoms with Crippen molar-refractivity contribution in [3.05, 3.63) is 48.0 Å². The van der Waals surface area contributed by atoms with Gasteiger partial charge in [-0.3, -0.25) is 9.59 Å². The van der Waals surface area contributed by atoms with Gasteiger partial charge >= 0.3 is 0 Å². The highest BCUT2D eigenvalue weighted by atomic mass is 32.2. The number of methoxy groups -OCH3 is 2. The van der Waals surface area contributed by atoms with Gasteiger partial charge in [-0.15, -0.1) is 11.8 Å². The minimum atomic E-state index is -0.416. The predicted molar refractivity (Wildman–Crippen MR) is 93.9 cm³/mol. The number of thioether (sulfide) groups is 1. The summed E-state index contributed by atoms with van der Waals surface area (Å²) in [7, 11) is 3.04. The molecule has 0 saturated carbocycles.